The number of imidazole rings is 1. The molecule has 0 spiro atoms. The van der Waals surface area contributed by atoms with Crippen LogP contribution in [0.5, 0.6) is 0 Å². The van der Waals surface area contributed by atoms with Crippen LogP contribution in [0, 0.1) is 0 Å². The molecule has 0 aliphatic heterocycles. The fourth-order valence-corrected chi connectivity index (χ4v) is 8.65. The Bertz CT molecular complexity index is 2680. The molecule has 4 heterocycles. The molecular weight excluding hydrogens is 683 g/mol. The third-order valence-electron chi connectivity index (χ3n) is 9.52. The Morgan fingerprint density at radius 2 is 1.21 bits per heavy atom. The van der Waals surface area contributed by atoms with Crippen molar-refractivity contribution in [3.05, 3.63) is 187 Å². The number of para-hydroxylation sites is 1. The van der Waals surface area contributed by atoms with Crippen LogP contribution < -0.4 is 0 Å². The number of hydrogen-bond donors (Lipinski definition) is 0. The predicted molar refractivity (Wildman–Crippen MR) is 208 cm³/mol. The van der Waals surface area contributed by atoms with Gasteiger partial charge in [0, 0.05) is 35.3 Å². The number of hydrogen-bond acceptors (Lipinski definition) is 6. The second-order valence-corrected chi connectivity index (χ2v) is 15.8. The van der Waals surface area contributed by atoms with Gasteiger partial charge in [0.05, 0.1) is 21.3 Å². The summed E-state index contributed by atoms with van der Waals surface area (Å²) in [6, 6.07) is 50.5. The van der Waals surface area contributed by atoms with Crippen LogP contribution in [-0.4, -0.2) is 38.8 Å². The number of fused-ring (bicyclic) bond motifs is 2. The molecule has 9 rings (SSSR count). The number of rotatable bonds is 8. The zero-order chi connectivity index (χ0) is 35.3. The molecule has 0 bridgehead atoms. The predicted octanol–water partition coefficient (Wildman–Crippen LogP) is 9.39. The lowest BCUT2D eigenvalue weighted by atomic mass is 9.77. The number of pyridine rings is 1. The van der Waals surface area contributed by atoms with E-state index in [1.54, 1.807) is 23.5 Å². The Hall–Kier alpha value is -6.16. The van der Waals surface area contributed by atoms with Crippen molar-refractivity contribution in [2.75, 3.05) is 6.26 Å². The first kappa shape index (κ1) is 31.8. The van der Waals surface area contributed by atoms with Crippen molar-refractivity contribution in [1.82, 2.24) is 24.1 Å². The van der Waals surface area contributed by atoms with Crippen molar-refractivity contribution in [3.63, 3.8) is 0 Å². The van der Waals surface area contributed by atoms with Crippen LogP contribution in [0.2, 0.25) is 0 Å². The summed E-state index contributed by atoms with van der Waals surface area (Å²) >= 11 is 1.64. The average molecular weight is 714 g/mol. The highest BCUT2D eigenvalue weighted by molar-refractivity contribution is 7.90. The van der Waals surface area contributed by atoms with Crippen molar-refractivity contribution in [1.29, 1.82) is 0 Å². The molecule has 9 aromatic rings. The van der Waals surface area contributed by atoms with Crippen LogP contribution in [0.3, 0.4) is 0 Å². The van der Waals surface area contributed by atoms with Gasteiger partial charge in [-0.3, -0.25) is 9.08 Å². The van der Waals surface area contributed by atoms with Crippen LogP contribution in [0.25, 0.3) is 48.9 Å². The van der Waals surface area contributed by atoms with Crippen molar-refractivity contribution in [3.8, 4) is 33.1 Å². The fourth-order valence-electron chi connectivity index (χ4n) is 7.04. The molecule has 7 nitrogen and oxygen atoms in total. The summed E-state index contributed by atoms with van der Waals surface area (Å²) in [5.41, 5.74) is 8.25. The van der Waals surface area contributed by atoms with E-state index < -0.39 is 15.4 Å². The Labute approximate surface area is 305 Å². The van der Waals surface area contributed by atoms with E-state index in [1.807, 2.05) is 60.8 Å². The van der Waals surface area contributed by atoms with Gasteiger partial charge >= 0.3 is 0 Å². The first-order valence-electron chi connectivity index (χ1n) is 16.8. The maximum atomic E-state index is 12.4. The maximum absolute atomic E-state index is 12.4. The summed E-state index contributed by atoms with van der Waals surface area (Å²) in [6.07, 6.45) is 7.30. The van der Waals surface area contributed by atoms with E-state index in [0.29, 0.717) is 5.69 Å². The third kappa shape index (κ3) is 5.33. The molecule has 0 aliphatic rings. The van der Waals surface area contributed by atoms with E-state index in [1.165, 1.54) is 6.26 Å². The first-order valence-corrected chi connectivity index (χ1v) is 19.5. The van der Waals surface area contributed by atoms with Gasteiger partial charge in [0.25, 0.3) is 0 Å². The molecule has 0 aliphatic carbocycles. The van der Waals surface area contributed by atoms with Gasteiger partial charge in [0.15, 0.2) is 9.84 Å². The number of nitrogens with zero attached hydrogens (tertiary/aromatic N) is 5. The van der Waals surface area contributed by atoms with Crippen LogP contribution >= 0.6 is 11.3 Å². The molecule has 0 atom stereocenters. The third-order valence-corrected chi connectivity index (χ3v) is 11.7. The molecule has 0 radical (unpaired) electrons. The topological polar surface area (TPSA) is 82.1 Å². The molecule has 0 fully saturated rings. The molecule has 0 amide bonds. The summed E-state index contributed by atoms with van der Waals surface area (Å²) in [4.78, 5) is 9.91. The minimum absolute atomic E-state index is 0.254. The van der Waals surface area contributed by atoms with E-state index >= 15 is 0 Å². The molecule has 0 unspecified atom stereocenters. The lowest BCUT2D eigenvalue weighted by Crippen LogP contribution is -2.38. The van der Waals surface area contributed by atoms with E-state index in [0.717, 1.165) is 59.9 Å². The maximum Gasteiger partial charge on any atom is 0.175 e. The van der Waals surface area contributed by atoms with E-state index in [4.69, 9.17) is 15.1 Å². The molecule has 5 aromatic carbocycles. The minimum atomic E-state index is -3.39. The lowest BCUT2D eigenvalue weighted by molar-refractivity contribution is 0.461. The second-order valence-electron chi connectivity index (χ2n) is 12.7. The van der Waals surface area contributed by atoms with Gasteiger partial charge in [-0.2, -0.15) is 5.10 Å². The SMILES string of the molecule is CS(=O)(=O)c1ccc(-c2nn(C(c3ccccc3)(c3ccccc3)c3ccccc3)cc2-c2ccc3ncc(-c4nc5ccccc5s4)n3c2)cc1. The number of sulfone groups is 1. The highest BCUT2D eigenvalue weighted by Crippen LogP contribution is 2.43. The van der Waals surface area contributed by atoms with Gasteiger partial charge in [-0.15, -0.1) is 11.3 Å². The summed E-state index contributed by atoms with van der Waals surface area (Å²) in [5, 5.41) is 6.34. The molecule has 0 saturated heterocycles. The van der Waals surface area contributed by atoms with E-state index in [-0.39, 0.29) is 4.90 Å². The van der Waals surface area contributed by atoms with Crippen molar-refractivity contribution >= 4 is 37.0 Å². The molecule has 9 heteroatoms. The van der Waals surface area contributed by atoms with Crippen LogP contribution in [-0.2, 0) is 15.4 Å². The van der Waals surface area contributed by atoms with Crippen molar-refractivity contribution in [2.24, 2.45) is 0 Å². The van der Waals surface area contributed by atoms with Gasteiger partial charge in [-0.25, -0.2) is 18.4 Å². The molecule has 52 heavy (non-hydrogen) atoms. The van der Waals surface area contributed by atoms with Gasteiger partial charge in [0.2, 0.25) is 0 Å². The van der Waals surface area contributed by atoms with Crippen molar-refractivity contribution < 1.29 is 8.42 Å². The normalized spacial score (nSPS) is 12.1. The van der Waals surface area contributed by atoms with Crippen LogP contribution in [0.4, 0.5) is 0 Å². The van der Waals surface area contributed by atoms with Crippen LogP contribution in [0.15, 0.2) is 175 Å². The van der Waals surface area contributed by atoms with Gasteiger partial charge < -0.3 is 0 Å². The highest BCUT2D eigenvalue weighted by atomic mass is 32.2. The molecule has 0 N–H and O–H groups in total. The molecular formula is C43H31N5O2S2. The summed E-state index contributed by atoms with van der Waals surface area (Å²) in [5.74, 6) is 0. The fraction of sp³-hybridized carbons (Fsp3) is 0.0465. The Morgan fingerprint density at radius 3 is 1.81 bits per heavy atom. The Morgan fingerprint density at radius 1 is 0.635 bits per heavy atom. The summed E-state index contributed by atoms with van der Waals surface area (Å²) in [6.45, 7) is 0. The van der Waals surface area contributed by atoms with Crippen molar-refractivity contribution in [2.45, 2.75) is 10.4 Å². The quantitative estimate of drug-likeness (QED) is 0.147. The summed E-state index contributed by atoms with van der Waals surface area (Å²) < 4.78 is 30.2. The number of benzene rings is 5. The monoisotopic (exact) mass is 713 g/mol. The molecule has 0 saturated carbocycles. The van der Waals surface area contributed by atoms with E-state index in [2.05, 4.69) is 106 Å². The van der Waals surface area contributed by atoms with Gasteiger partial charge in [-0.05, 0) is 53.1 Å². The molecule has 4 aromatic heterocycles. The van der Waals surface area contributed by atoms with Crippen LogP contribution in [0.1, 0.15) is 16.7 Å². The van der Waals surface area contributed by atoms with E-state index in [9.17, 15) is 8.42 Å². The standard InChI is InChI=1S/C43H31N5O2S2/c1-52(49,50)35-24-21-30(22-25-35)41-36(31-23-26-40-44-27-38(47(40)28-31)42-45-37-19-11-12-20-39(37)51-42)29-48(46-41)43(32-13-5-2-6-14-32,33-15-7-3-8-16-33)34-17-9-4-10-18-34/h2-29H,1H3. The largest absolute Gasteiger partial charge is 0.297 e. The van der Waals surface area contributed by atoms with Gasteiger partial charge in [-0.1, -0.05) is 115 Å². The molecule has 252 valence electrons. The average Bonchev–Trinajstić information content (AvgIpc) is 3.93. The highest BCUT2D eigenvalue weighted by Gasteiger charge is 2.40. The number of aromatic nitrogens is 5. The minimum Gasteiger partial charge on any atom is -0.297 e. The Kier molecular flexibility index (Phi) is 7.68. The zero-order valence-electron chi connectivity index (χ0n) is 28.0. The second kappa shape index (κ2) is 12.6. The Balaban J connectivity index is 1.32. The number of thiazole rings is 1. The summed E-state index contributed by atoms with van der Waals surface area (Å²) in [7, 11) is -3.39. The zero-order valence-corrected chi connectivity index (χ0v) is 29.7. The van der Waals surface area contributed by atoms with Gasteiger partial charge in [0.1, 0.15) is 27.6 Å². The first-order chi connectivity index (χ1) is 25.4. The lowest BCUT2D eigenvalue weighted by Gasteiger charge is -2.36. The smallest absolute Gasteiger partial charge is 0.175 e.